The predicted molar refractivity (Wildman–Crippen MR) is 119 cm³/mol. The monoisotopic (exact) mass is 490 g/mol. The fourth-order valence-corrected chi connectivity index (χ4v) is 4.13. The van der Waals surface area contributed by atoms with Gasteiger partial charge in [0.1, 0.15) is 17.2 Å². The SMILES string of the molecule is Cc1nn2c(c1C(=O)N[C@@H](C)c1ccc(C(=O)O)c(F)c1)N(Cc1ccc(C(F)(F)F)cc1)CC2. The van der Waals surface area contributed by atoms with Crippen LogP contribution < -0.4 is 10.2 Å². The molecular formula is C24H22F4N4O3. The normalized spacial score (nSPS) is 14.1. The molecule has 0 saturated carbocycles. The minimum absolute atomic E-state index is 0.293. The highest BCUT2D eigenvalue weighted by Gasteiger charge is 2.32. The van der Waals surface area contributed by atoms with Crippen molar-refractivity contribution < 1.29 is 32.3 Å². The zero-order chi connectivity index (χ0) is 25.5. The van der Waals surface area contributed by atoms with E-state index in [0.29, 0.717) is 47.8 Å². The average Bonchev–Trinajstić information content (AvgIpc) is 3.31. The van der Waals surface area contributed by atoms with Crippen molar-refractivity contribution in [2.45, 2.75) is 39.2 Å². The first-order valence-electron chi connectivity index (χ1n) is 10.8. The molecule has 7 nitrogen and oxygen atoms in total. The second-order valence-electron chi connectivity index (χ2n) is 8.36. The number of nitrogens with one attached hydrogen (secondary N) is 1. The van der Waals surface area contributed by atoms with Crippen LogP contribution in [0.4, 0.5) is 23.4 Å². The number of amides is 1. The first kappa shape index (κ1) is 24.2. The van der Waals surface area contributed by atoms with E-state index in [1.54, 1.807) is 18.5 Å². The van der Waals surface area contributed by atoms with Crippen LogP contribution in [0.25, 0.3) is 0 Å². The van der Waals surface area contributed by atoms with Crippen LogP contribution >= 0.6 is 0 Å². The van der Waals surface area contributed by atoms with E-state index in [0.717, 1.165) is 24.3 Å². The number of halogens is 4. The quantitative estimate of drug-likeness (QED) is 0.495. The number of fused-ring (bicyclic) bond motifs is 1. The van der Waals surface area contributed by atoms with Crippen molar-refractivity contribution in [3.05, 3.63) is 81.8 Å². The second-order valence-corrected chi connectivity index (χ2v) is 8.36. The number of carbonyl (C=O) groups is 2. The van der Waals surface area contributed by atoms with Gasteiger partial charge in [-0.1, -0.05) is 18.2 Å². The first-order valence-corrected chi connectivity index (χ1v) is 10.8. The Bertz CT molecular complexity index is 1290. The second kappa shape index (κ2) is 9.05. The van der Waals surface area contributed by atoms with Crippen molar-refractivity contribution in [1.29, 1.82) is 0 Å². The molecule has 184 valence electrons. The Hall–Kier alpha value is -3.89. The third kappa shape index (κ3) is 4.84. The Morgan fingerprint density at radius 1 is 1.14 bits per heavy atom. The molecule has 0 saturated heterocycles. The molecule has 2 heterocycles. The van der Waals surface area contributed by atoms with Gasteiger partial charge in [-0.2, -0.15) is 18.3 Å². The Kier molecular flexibility index (Phi) is 6.27. The van der Waals surface area contributed by atoms with Gasteiger partial charge in [0.2, 0.25) is 0 Å². The maximum Gasteiger partial charge on any atom is 0.416 e. The Morgan fingerprint density at radius 3 is 2.43 bits per heavy atom. The lowest BCUT2D eigenvalue weighted by molar-refractivity contribution is -0.137. The lowest BCUT2D eigenvalue weighted by Crippen LogP contribution is -2.29. The zero-order valence-electron chi connectivity index (χ0n) is 18.9. The molecule has 11 heteroatoms. The van der Waals surface area contributed by atoms with E-state index >= 15 is 0 Å². The summed E-state index contributed by atoms with van der Waals surface area (Å²) in [6.45, 7) is 4.67. The van der Waals surface area contributed by atoms with E-state index in [2.05, 4.69) is 10.4 Å². The van der Waals surface area contributed by atoms with Crippen LogP contribution in [0.1, 0.15) is 56.1 Å². The van der Waals surface area contributed by atoms with Gasteiger partial charge in [0, 0.05) is 13.1 Å². The topological polar surface area (TPSA) is 87.5 Å². The molecule has 1 aromatic heterocycles. The van der Waals surface area contributed by atoms with Crippen LogP contribution in [0.2, 0.25) is 0 Å². The number of aromatic carboxylic acids is 1. The third-order valence-electron chi connectivity index (χ3n) is 5.93. The fraction of sp³-hybridized carbons (Fsp3) is 0.292. The summed E-state index contributed by atoms with van der Waals surface area (Å²) in [7, 11) is 0. The largest absolute Gasteiger partial charge is 0.478 e. The number of benzene rings is 2. The van der Waals surface area contributed by atoms with Gasteiger partial charge in [-0.15, -0.1) is 0 Å². The molecule has 0 fully saturated rings. The number of aryl methyl sites for hydroxylation is 1. The molecule has 1 aliphatic rings. The maximum atomic E-state index is 14.1. The van der Waals surface area contributed by atoms with Crippen LogP contribution in [-0.4, -0.2) is 33.3 Å². The predicted octanol–water partition coefficient (Wildman–Crippen LogP) is 4.56. The summed E-state index contributed by atoms with van der Waals surface area (Å²) < 4.78 is 54.3. The van der Waals surface area contributed by atoms with Gasteiger partial charge >= 0.3 is 12.1 Å². The van der Waals surface area contributed by atoms with Gasteiger partial charge in [-0.25, -0.2) is 13.9 Å². The molecule has 2 N–H and O–H groups in total. The smallest absolute Gasteiger partial charge is 0.416 e. The standard InChI is InChI=1S/C24H22F4N4O3/c1-13(16-5-8-18(23(34)35)19(25)11-16)29-21(33)20-14(2)30-32-10-9-31(22(20)32)12-15-3-6-17(7-4-15)24(26,27)28/h3-8,11,13H,9-10,12H2,1-2H3,(H,29,33)(H,34,35)/t13-/m0/s1. The molecule has 3 aromatic rings. The van der Waals surface area contributed by atoms with Crippen LogP contribution in [0.5, 0.6) is 0 Å². The number of nitrogens with zero attached hydrogens (tertiary/aromatic N) is 3. The molecule has 35 heavy (non-hydrogen) atoms. The van der Waals surface area contributed by atoms with Gasteiger partial charge < -0.3 is 15.3 Å². The minimum Gasteiger partial charge on any atom is -0.478 e. The summed E-state index contributed by atoms with van der Waals surface area (Å²) in [5.41, 5.74) is 0.656. The van der Waals surface area contributed by atoms with Gasteiger partial charge in [-0.3, -0.25) is 4.79 Å². The molecule has 0 unspecified atom stereocenters. The Labute approximate surface area is 198 Å². The first-order chi connectivity index (χ1) is 16.5. The molecule has 1 amide bonds. The van der Waals surface area contributed by atoms with Crippen LogP contribution in [0.3, 0.4) is 0 Å². The number of anilines is 1. The van der Waals surface area contributed by atoms with Gasteiger partial charge in [0.25, 0.3) is 5.91 Å². The molecule has 0 radical (unpaired) electrons. The number of alkyl halides is 3. The molecule has 0 spiro atoms. The summed E-state index contributed by atoms with van der Waals surface area (Å²) in [6.07, 6.45) is -4.42. The molecule has 0 aliphatic carbocycles. The number of carbonyl (C=O) groups excluding carboxylic acids is 1. The molecule has 2 aromatic carbocycles. The maximum absolute atomic E-state index is 14.1. The number of hydrogen-bond acceptors (Lipinski definition) is 4. The molecule has 1 aliphatic heterocycles. The number of carboxylic acids is 1. The lowest BCUT2D eigenvalue weighted by atomic mass is 10.0. The third-order valence-corrected chi connectivity index (χ3v) is 5.93. The van der Waals surface area contributed by atoms with Crippen LogP contribution in [0.15, 0.2) is 42.5 Å². The highest BCUT2D eigenvalue weighted by molar-refractivity contribution is 6.00. The van der Waals surface area contributed by atoms with E-state index < -0.39 is 41.0 Å². The molecule has 4 rings (SSSR count). The van der Waals surface area contributed by atoms with Crippen molar-refractivity contribution in [3.8, 4) is 0 Å². The van der Waals surface area contributed by atoms with Crippen molar-refractivity contribution in [3.63, 3.8) is 0 Å². The zero-order valence-corrected chi connectivity index (χ0v) is 18.9. The fourth-order valence-electron chi connectivity index (χ4n) is 4.13. The van der Waals surface area contributed by atoms with Crippen molar-refractivity contribution >= 4 is 17.7 Å². The molecule has 1 atom stereocenters. The van der Waals surface area contributed by atoms with E-state index in [9.17, 15) is 27.2 Å². The number of carboxylic acid groups (broad SMARTS) is 1. The lowest BCUT2D eigenvalue weighted by Gasteiger charge is -2.21. The van der Waals surface area contributed by atoms with Gasteiger partial charge in [0.05, 0.1) is 29.4 Å². The highest BCUT2D eigenvalue weighted by atomic mass is 19.4. The Morgan fingerprint density at radius 2 is 1.83 bits per heavy atom. The Balaban J connectivity index is 1.53. The summed E-state index contributed by atoms with van der Waals surface area (Å²) >= 11 is 0. The van der Waals surface area contributed by atoms with Crippen molar-refractivity contribution in [1.82, 2.24) is 15.1 Å². The van der Waals surface area contributed by atoms with E-state index in [1.165, 1.54) is 18.2 Å². The minimum atomic E-state index is -4.42. The van der Waals surface area contributed by atoms with Crippen LogP contribution in [0, 0.1) is 12.7 Å². The molecule has 0 bridgehead atoms. The summed E-state index contributed by atoms with van der Waals surface area (Å²) in [5, 5.41) is 16.2. The summed E-state index contributed by atoms with van der Waals surface area (Å²) in [6, 6.07) is 7.89. The van der Waals surface area contributed by atoms with Crippen molar-refractivity contribution in [2.75, 3.05) is 11.4 Å². The molecular weight excluding hydrogens is 468 g/mol. The number of hydrogen-bond donors (Lipinski definition) is 2. The average molecular weight is 490 g/mol. The van der Waals surface area contributed by atoms with Gasteiger partial charge in [0.15, 0.2) is 0 Å². The number of aromatic nitrogens is 2. The summed E-state index contributed by atoms with van der Waals surface area (Å²) in [4.78, 5) is 26.1. The highest BCUT2D eigenvalue weighted by Crippen LogP contribution is 2.32. The van der Waals surface area contributed by atoms with Crippen molar-refractivity contribution in [2.24, 2.45) is 0 Å². The van der Waals surface area contributed by atoms with E-state index in [-0.39, 0.29) is 0 Å². The summed E-state index contributed by atoms with van der Waals surface area (Å²) in [5.74, 6) is -2.18. The van der Waals surface area contributed by atoms with Crippen LogP contribution in [-0.2, 0) is 19.3 Å². The van der Waals surface area contributed by atoms with E-state index in [4.69, 9.17) is 5.11 Å². The van der Waals surface area contributed by atoms with E-state index in [1.807, 2.05) is 4.90 Å². The van der Waals surface area contributed by atoms with Gasteiger partial charge in [-0.05, 0) is 49.2 Å². The number of rotatable bonds is 6.